The second-order valence-electron chi connectivity index (χ2n) is 6.02. The molecule has 1 aromatic rings. The van der Waals surface area contributed by atoms with Crippen molar-refractivity contribution >= 4 is 5.69 Å². The number of anilines is 1. The Morgan fingerprint density at radius 3 is 2.62 bits per heavy atom. The SMILES string of the molecule is CC(C)C1CCCN1c1ccc(CCN)c(C(F)(F)F)c1. The highest BCUT2D eigenvalue weighted by atomic mass is 19.4. The van der Waals surface area contributed by atoms with Crippen LogP contribution in [-0.2, 0) is 12.6 Å². The lowest BCUT2D eigenvalue weighted by molar-refractivity contribution is -0.138. The van der Waals surface area contributed by atoms with Gasteiger partial charge in [-0.15, -0.1) is 0 Å². The number of halogens is 3. The summed E-state index contributed by atoms with van der Waals surface area (Å²) in [6.45, 7) is 5.30. The van der Waals surface area contributed by atoms with Crippen molar-refractivity contribution in [2.75, 3.05) is 18.0 Å². The van der Waals surface area contributed by atoms with Gasteiger partial charge >= 0.3 is 6.18 Å². The third-order valence-electron chi connectivity index (χ3n) is 4.21. The first kappa shape index (κ1) is 16.1. The van der Waals surface area contributed by atoms with Gasteiger partial charge in [0.05, 0.1) is 5.56 Å². The fraction of sp³-hybridized carbons (Fsp3) is 0.625. The predicted molar refractivity (Wildman–Crippen MR) is 79.4 cm³/mol. The highest BCUT2D eigenvalue weighted by Gasteiger charge is 2.35. The number of benzene rings is 1. The minimum absolute atomic E-state index is 0.223. The molecule has 0 radical (unpaired) electrons. The Bertz CT molecular complexity index is 483. The van der Waals surface area contributed by atoms with E-state index in [9.17, 15) is 13.2 Å². The highest BCUT2D eigenvalue weighted by Crippen LogP contribution is 2.37. The first-order valence-electron chi connectivity index (χ1n) is 7.51. The van der Waals surface area contributed by atoms with E-state index in [0.29, 0.717) is 17.6 Å². The molecule has 118 valence electrons. The maximum absolute atomic E-state index is 13.2. The molecular formula is C16H23F3N2. The lowest BCUT2D eigenvalue weighted by Gasteiger charge is -2.30. The summed E-state index contributed by atoms with van der Waals surface area (Å²) in [6, 6.07) is 5.01. The summed E-state index contributed by atoms with van der Waals surface area (Å²) in [7, 11) is 0. The van der Waals surface area contributed by atoms with Crippen LogP contribution < -0.4 is 10.6 Å². The third kappa shape index (κ3) is 3.51. The van der Waals surface area contributed by atoms with Gasteiger partial charge in [-0.2, -0.15) is 13.2 Å². The fourth-order valence-corrected chi connectivity index (χ4v) is 3.19. The summed E-state index contributed by atoms with van der Waals surface area (Å²) in [6.07, 6.45) is -1.99. The van der Waals surface area contributed by atoms with Crippen LogP contribution in [0, 0.1) is 5.92 Å². The first-order valence-corrected chi connectivity index (χ1v) is 7.51. The van der Waals surface area contributed by atoms with E-state index in [2.05, 4.69) is 18.7 Å². The largest absolute Gasteiger partial charge is 0.416 e. The van der Waals surface area contributed by atoms with Crippen molar-refractivity contribution in [3.63, 3.8) is 0 Å². The Morgan fingerprint density at radius 2 is 2.05 bits per heavy atom. The monoisotopic (exact) mass is 300 g/mol. The zero-order chi connectivity index (χ0) is 15.6. The second kappa shape index (κ2) is 6.26. The normalized spacial score (nSPS) is 19.6. The molecule has 21 heavy (non-hydrogen) atoms. The highest BCUT2D eigenvalue weighted by molar-refractivity contribution is 5.53. The van der Waals surface area contributed by atoms with Crippen molar-refractivity contribution in [2.45, 2.75) is 45.3 Å². The summed E-state index contributed by atoms with van der Waals surface area (Å²) >= 11 is 0. The number of hydrogen-bond acceptors (Lipinski definition) is 2. The molecule has 0 bridgehead atoms. The van der Waals surface area contributed by atoms with Crippen LogP contribution in [0.15, 0.2) is 18.2 Å². The quantitative estimate of drug-likeness (QED) is 0.915. The Labute approximate surface area is 124 Å². The van der Waals surface area contributed by atoms with Gasteiger partial charge in [0.15, 0.2) is 0 Å². The number of nitrogens with two attached hydrogens (primary N) is 1. The van der Waals surface area contributed by atoms with Crippen molar-refractivity contribution in [3.05, 3.63) is 29.3 Å². The Hall–Kier alpha value is -1.23. The molecular weight excluding hydrogens is 277 g/mol. The van der Waals surface area contributed by atoms with Gasteiger partial charge in [-0.25, -0.2) is 0 Å². The zero-order valence-corrected chi connectivity index (χ0v) is 12.6. The molecule has 1 aliphatic heterocycles. The van der Waals surface area contributed by atoms with Gasteiger partial charge in [-0.05, 0) is 49.4 Å². The molecule has 0 spiro atoms. The van der Waals surface area contributed by atoms with Crippen molar-refractivity contribution in [1.82, 2.24) is 0 Å². The van der Waals surface area contributed by atoms with Gasteiger partial charge < -0.3 is 10.6 Å². The third-order valence-corrected chi connectivity index (χ3v) is 4.21. The lowest BCUT2D eigenvalue weighted by Crippen LogP contribution is -2.33. The van der Waals surface area contributed by atoms with Crippen LogP contribution in [0.3, 0.4) is 0 Å². The van der Waals surface area contributed by atoms with Gasteiger partial charge in [-0.3, -0.25) is 0 Å². The van der Waals surface area contributed by atoms with E-state index in [1.54, 1.807) is 12.1 Å². The molecule has 1 heterocycles. The van der Waals surface area contributed by atoms with Gasteiger partial charge in [0, 0.05) is 18.3 Å². The summed E-state index contributed by atoms with van der Waals surface area (Å²) in [5, 5.41) is 0. The van der Waals surface area contributed by atoms with Crippen LogP contribution in [0.5, 0.6) is 0 Å². The average Bonchev–Trinajstić information content (AvgIpc) is 2.87. The van der Waals surface area contributed by atoms with Crippen LogP contribution >= 0.6 is 0 Å². The Morgan fingerprint density at radius 1 is 1.33 bits per heavy atom. The molecule has 2 nitrogen and oxygen atoms in total. The Kier molecular flexibility index (Phi) is 4.81. The average molecular weight is 300 g/mol. The van der Waals surface area contributed by atoms with Crippen LogP contribution in [0.4, 0.5) is 18.9 Å². The molecule has 0 saturated carbocycles. The lowest BCUT2D eigenvalue weighted by atomic mass is 9.99. The molecule has 1 fully saturated rings. The molecule has 2 rings (SSSR count). The van der Waals surface area contributed by atoms with E-state index in [1.807, 2.05) is 0 Å². The molecule has 0 aromatic heterocycles. The molecule has 0 aliphatic carbocycles. The minimum Gasteiger partial charge on any atom is -0.368 e. The topological polar surface area (TPSA) is 29.3 Å². The molecule has 2 N–H and O–H groups in total. The van der Waals surface area contributed by atoms with Gasteiger partial charge in [-0.1, -0.05) is 19.9 Å². The van der Waals surface area contributed by atoms with Crippen LogP contribution in [-0.4, -0.2) is 19.1 Å². The predicted octanol–water partition coefficient (Wildman–Crippen LogP) is 3.83. The maximum atomic E-state index is 13.2. The standard InChI is InChI=1S/C16H23F3N2/c1-11(2)15-4-3-9-21(15)13-6-5-12(7-8-20)14(10-13)16(17,18)19/h5-6,10-11,15H,3-4,7-9,20H2,1-2H3. The van der Waals surface area contributed by atoms with Crippen molar-refractivity contribution in [2.24, 2.45) is 11.7 Å². The molecule has 1 aromatic carbocycles. The molecule has 1 saturated heterocycles. The van der Waals surface area contributed by atoms with E-state index in [0.717, 1.165) is 19.4 Å². The molecule has 1 atom stereocenters. The van der Waals surface area contributed by atoms with E-state index in [-0.39, 0.29) is 18.5 Å². The molecule has 5 heteroatoms. The van der Waals surface area contributed by atoms with Crippen molar-refractivity contribution < 1.29 is 13.2 Å². The molecule has 1 unspecified atom stereocenters. The zero-order valence-electron chi connectivity index (χ0n) is 12.6. The number of nitrogens with zero attached hydrogens (tertiary/aromatic N) is 1. The number of rotatable bonds is 4. The van der Waals surface area contributed by atoms with Crippen LogP contribution in [0.2, 0.25) is 0 Å². The van der Waals surface area contributed by atoms with E-state index >= 15 is 0 Å². The van der Waals surface area contributed by atoms with E-state index in [4.69, 9.17) is 5.73 Å². The summed E-state index contributed by atoms with van der Waals surface area (Å²) in [5.41, 5.74) is 5.84. The van der Waals surface area contributed by atoms with Crippen LogP contribution in [0.1, 0.15) is 37.8 Å². The van der Waals surface area contributed by atoms with Crippen molar-refractivity contribution in [1.29, 1.82) is 0 Å². The van der Waals surface area contributed by atoms with E-state index in [1.165, 1.54) is 6.07 Å². The fourth-order valence-electron chi connectivity index (χ4n) is 3.19. The first-order chi connectivity index (χ1) is 9.84. The Balaban J connectivity index is 2.37. The minimum atomic E-state index is -4.33. The molecule has 0 amide bonds. The summed E-state index contributed by atoms with van der Waals surface area (Å²) in [4.78, 5) is 2.12. The smallest absolute Gasteiger partial charge is 0.368 e. The molecule has 1 aliphatic rings. The summed E-state index contributed by atoms with van der Waals surface area (Å²) in [5.74, 6) is 0.436. The maximum Gasteiger partial charge on any atom is 0.416 e. The number of alkyl halides is 3. The van der Waals surface area contributed by atoms with Gasteiger partial charge in [0.25, 0.3) is 0 Å². The van der Waals surface area contributed by atoms with Gasteiger partial charge in [0.1, 0.15) is 0 Å². The van der Waals surface area contributed by atoms with E-state index < -0.39 is 11.7 Å². The number of hydrogen-bond donors (Lipinski definition) is 1. The van der Waals surface area contributed by atoms with Crippen molar-refractivity contribution in [3.8, 4) is 0 Å². The second-order valence-corrected chi connectivity index (χ2v) is 6.02. The van der Waals surface area contributed by atoms with Crippen LogP contribution in [0.25, 0.3) is 0 Å². The summed E-state index contributed by atoms with van der Waals surface area (Å²) < 4.78 is 39.7. The van der Waals surface area contributed by atoms with Gasteiger partial charge in [0.2, 0.25) is 0 Å².